The fraction of sp³-hybridized carbons (Fsp3) is 0.154. The number of nitrogens with two attached hydrogens (primary N) is 1. The number of aromatic nitrogens is 1. The Morgan fingerprint density at radius 3 is 2.44 bits per heavy atom. The van der Waals surface area contributed by atoms with Crippen LogP contribution in [0, 0.1) is 5.82 Å². The number of pyridine rings is 1. The van der Waals surface area contributed by atoms with E-state index in [1.165, 1.54) is 19.2 Å². The molecule has 4 nitrogen and oxygen atoms in total. The molecule has 0 amide bonds. The zero-order valence-corrected chi connectivity index (χ0v) is 10.2. The van der Waals surface area contributed by atoms with Gasteiger partial charge in [0, 0.05) is 12.7 Å². The van der Waals surface area contributed by atoms with E-state index < -0.39 is 0 Å². The van der Waals surface area contributed by atoms with Gasteiger partial charge in [-0.25, -0.2) is 4.39 Å². The molecule has 0 unspecified atom stereocenters. The highest BCUT2D eigenvalue weighted by Gasteiger charge is 2.08. The van der Waals surface area contributed by atoms with E-state index in [2.05, 4.69) is 4.98 Å². The summed E-state index contributed by atoms with van der Waals surface area (Å²) < 4.78 is 17.9. The molecule has 1 aromatic carbocycles. The Labute approximate surface area is 105 Å². The minimum atomic E-state index is -0.269. The predicted octanol–water partition coefficient (Wildman–Crippen LogP) is 2.58. The summed E-state index contributed by atoms with van der Waals surface area (Å²) >= 11 is 0. The number of rotatable bonds is 3. The molecule has 0 saturated carbocycles. The number of nitrogens with zero attached hydrogens (tertiary/aromatic N) is 2. The zero-order valence-electron chi connectivity index (χ0n) is 10.2. The Balaban J connectivity index is 2.33. The van der Waals surface area contributed by atoms with Gasteiger partial charge >= 0.3 is 0 Å². The second-order valence-electron chi connectivity index (χ2n) is 3.80. The van der Waals surface area contributed by atoms with Crippen molar-refractivity contribution in [2.75, 3.05) is 24.8 Å². The van der Waals surface area contributed by atoms with Crippen LogP contribution in [0.1, 0.15) is 0 Å². The van der Waals surface area contributed by atoms with Gasteiger partial charge in [0.25, 0.3) is 0 Å². The summed E-state index contributed by atoms with van der Waals surface area (Å²) in [5.74, 6) is 0.782. The van der Waals surface area contributed by atoms with Crippen LogP contribution in [-0.2, 0) is 0 Å². The summed E-state index contributed by atoms with van der Waals surface area (Å²) in [7, 11) is 3.35. The molecule has 0 aliphatic heterocycles. The highest BCUT2D eigenvalue weighted by atomic mass is 19.1. The van der Waals surface area contributed by atoms with Gasteiger partial charge < -0.3 is 15.4 Å². The number of halogens is 1. The second-order valence-corrected chi connectivity index (χ2v) is 3.80. The first-order valence-electron chi connectivity index (χ1n) is 5.41. The molecule has 0 aliphatic rings. The summed E-state index contributed by atoms with van der Waals surface area (Å²) in [5, 5.41) is 0. The van der Waals surface area contributed by atoms with E-state index in [0.717, 1.165) is 5.69 Å². The Bertz CT molecular complexity index is 542. The average Bonchev–Trinajstić information content (AvgIpc) is 2.39. The van der Waals surface area contributed by atoms with Crippen molar-refractivity contribution < 1.29 is 9.13 Å². The van der Waals surface area contributed by atoms with Gasteiger partial charge in [-0.1, -0.05) is 0 Å². The standard InChI is InChI=1S/C13H14FN3O/c1-17(10-5-3-9(14)4-6-10)12-8-7-11(15)13(16-12)18-2/h3-8H,15H2,1-2H3. The maximum atomic E-state index is 12.9. The highest BCUT2D eigenvalue weighted by molar-refractivity contribution is 5.62. The van der Waals surface area contributed by atoms with Gasteiger partial charge in [-0.05, 0) is 36.4 Å². The largest absolute Gasteiger partial charge is 0.479 e. The van der Waals surface area contributed by atoms with Crippen LogP contribution in [0.2, 0.25) is 0 Å². The summed E-state index contributed by atoms with van der Waals surface area (Å²) in [6, 6.07) is 9.67. The molecule has 1 heterocycles. The fourth-order valence-corrected chi connectivity index (χ4v) is 1.59. The van der Waals surface area contributed by atoms with E-state index in [1.807, 2.05) is 11.9 Å². The molecule has 2 aromatic rings. The smallest absolute Gasteiger partial charge is 0.238 e. The first-order chi connectivity index (χ1) is 8.61. The van der Waals surface area contributed by atoms with Gasteiger partial charge in [0.1, 0.15) is 11.6 Å². The summed E-state index contributed by atoms with van der Waals surface area (Å²) in [5.41, 5.74) is 7.01. The zero-order chi connectivity index (χ0) is 13.1. The Morgan fingerprint density at radius 1 is 1.17 bits per heavy atom. The molecule has 94 valence electrons. The molecule has 2 N–H and O–H groups in total. The first-order valence-corrected chi connectivity index (χ1v) is 5.41. The van der Waals surface area contributed by atoms with E-state index in [9.17, 15) is 4.39 Å². The lowest BCUT2D eigenvalue weighted by Crippen LogP contribution is -2.12. The molecular formula is C13H14FN3O. The molecule has 0 spiro atoms. The third-order valence-corrected chi connectivity index (χ3v) is 2.63. The van der Waals surface area contributed by atoms with Gasteiger partial charge in [-0.15, -0.1) is 0 Å². The summed E-state index contributed by atoms with van der Waals surface area (Å²) in [6.45, 7) is 0. The molecule has 0 bridgehead atoms. The maximum Gasteiger partial charge on any atom is 0.238 e. The van der Waals surface area contributed by atoms with Gasteiger partial charge in [0.2, 0.25) is 5.88 Å². The molecule has 0 radical (unpaired) electrons. The van der Waals surface area contributed by atoms with E-state index in [-0.39, 0.29) is 5.82 Å². The van der Waals surface area contributed by atoms with E-state index in [1.54, 1.807) is 24.3 Å². The molecule has 0 saturated heterocycles. The van der Waals surface area contributed by atoms with Crippen molar-refractivity contribution >= 4 is 17.2 Å². The van der Waals surface area contributed by atoms with Crippen molar-refractivity contribution in [3.05, 3.63) is 42.2 Å². The molecule has 0 atom stereocenters. The molecule has 1 aromatic heterocycles. The predicted molar refractivity (Wildman–Crippen MR) is 69.7 cm³/mol. The molecule has 5 heteroatoms. The second kappa shape index (κ2) is 4.91. The van der Waals surface area contributed by atoms with Crippen LogP contribution >= 0.6 is 0 Å². The lowest BCUT2D eigenvalue weighted by Gasteiger charge is -2.19. The quantitative estimate of drug-likeness (QED) is 0.905. The molecule has 18 heavy (non-hydrogen) atoms. The van der Waals surface area contributed by atoms with E-state index >= 15 is 0 Å². The average molecular weight is 247 g/mol. The Hall–Kier alpha value is -2.30. The number of methoxy groups -OCH3 is 1. The van der Waals surface area contributed by atoms with Crippen molar-refractivity contribution in [1.29, 1.82) is 0 Å². The van der Waals surface area contributed by atoms with Crippen molar-refractivity contribution in [3.63, 3.8) is 0 Å². The molecule has 2 rings (SSSR count). The highest BCUT2D eigenvalue weighted by Crippen LogP contribution is 2.26. The summed E-state index contributed by atoms with van der Waals surface area (Å²) in [4.78, 5) is 6.10. The van der Waals surface area contributed by atoms with Crippen molar-refractivity contribution in [2.24, 2.45) is 0 Å². The first kappa shape index (κ1) is 12.2. The number of hydrogen-bond donors (Lipinski definition) is 1. The van der Waals surface area contributed by atoms with Crippen LogP contribution in [0.4, 0.5) is 21.6 Å². The lowest BCUT2D eigenvalue weighted by atomic mass is 10.3. The number of anilines is 3. The SMILES string of the molecule is COc1nc(N(C)c2ccc(F)cc2)ccc1N. The van der Waals surface area contributed by atoms with Gasteiger partial charge in [0.15, 0.2) is 0 Å². The third-order valence-electron chi connectivity index (χ3n) is 2.63. The van der Waals surface area contributed by atoms with E-state index in [4.69, 9.17) is 10.5 Å². The van der Waals surface area contributed by atoms with E-state index in [0.29, 0.717) is 17.4 Å². The van der Waals surface area contributed by atoms with Crippen LogP contribution in [-0.4, -0.2) is 19.1 Å². The third kappa shape index (κ3) is 2.34. The van der Waals surface area contributed by atoms with Crippen molar-refractivity contribution in [1.82, 2.24) is 4.98 Å². The Kier molecular flexibility index (Phi) is 3.32. The van der Waals surface area contributed by atoms with Crippen LogP contribution < -0.4 is 15.4 Å². The number of nitrogen functional groups attached to an aromatic ring is 1. The number of benzene rings is 1. The minimum Gasteiger partial charge on any atom is -0.479 e. The fourth-order valence-electron chi connectivity index (χ4n) is 1.59. The van der Waals surface area contributed by atoms with Crippen molar-refractivity contribution in [2.45, 2.75) is 0 Å². The van der Waals surface area contributed by atoms with Gasteiger partial charge in [-0.2, -0.15) is 4.98 Å². The maximum absolute atomic E-state index is 12.9. The monoisotopic (exact) mass is 247 g/mol. The molecular weight excluding hydrogens is 233 g/mol. The normalized spacial score (nSPS) is 10.2. The molecule has 0 aliphatic carbocycles. The van der Waals surface area contributed by atoms with Crippen molar-refractivity contribution in [3.8, 4) is 5.88 Å². The number of hydrogen-bond acceptors (Lipinski definition) is 4. The molecule has 0 fully saturated rings. The Morgan fingerprint density at radius 2 is 1.83 bits per heavy atom. The lowest BCUT2D eigenvalue weighted by molar-refractivity contribution is 0.400. The van der Waals surface area contributed by atoms with Crippen LogP contribution in [0.3, 0.4) is 0 Å². The van der Waals surface area contributed by atoms with Crippen LogP contribution in [0.25, 0.3) is 0 Å². The minimum absolute atomic E-state index is 0.269. The van der Waals surface area contributed by atoms with Crippen LogP contribution in [0.15, 0.2) is 36.4 Å². The number of ether oxygens (including phenoxy) is 1. The van der Waals surface area contributed by atoms with Gasteiger partial charge in [0.05, 0.1) is 12.8 Å². The summed E-state index contributed by atoms with van der Waals surface area (Å²) in [6.07, 6.45) is 0. The van der Waals surface area contributed by atoms with Crippen LogP contribution in [0.5, 0.6) is 5.88 Å². The topological polar surface area (TPSA) is 51.4 Å². The van der Waals surface area contributed by atoms with Gasteiger partial charge in [-0.3, -0.25) is 0 Å².